The van der Waals surface area contributed by atoms with E-state index in [0.717, 1.165) is 11.1 Å². The van der Waals surface area contributed by atoms with Crippen molar-refractivity contribution in [2.75, 3.05) is 30.7 Å². The van der Waals surface area contributed by atoms with E-state index in [4.69, 9.17) is 9.47 Å². The number of ether oxygens (including phenoxy) is 2. The van der Waals surface area contributed by atoms with Crippen molar-refractivity contribution < 1.29 is 19.1 Å². The summed E-state index contributed by atoms with van der Waals surface area (Å²) in [6, 6.07) is 14.9. The third-order valence-electron chi connectivity index (χ3n) is 3.75. The van der Waals surface area contributed by atoms with Gasteiger partial charge in [-0.3, -0.25) is 9.80 Å². The zero-order chi connectivity index (χ0) is 16.4. The molecule has 0 saturated carbocycles. The first-order valence-corrected chi connectivity index (χ1v) is 7.06. The standard InChI is InChI=1S/C17H16N2O4/c1-22-16(20)18-11-19(17(21)23-2)15-10-6-4-8-13(15)12-7-3-5-9-14(12)18/h3-10H,11H2,1-2H3. The van der Waals surface area contributed by atoms with E-state index in [0.29, 0.717) is 11.4 Å². The van der Waals surface area contributed by atoms with Gasteiger partial charge in [0.1, 0.15) is 6.67 Å². The van der Waals surface area contributed by atoms with E-state index in [9.17, 15) is 9.59 Å². The zero-order valence-corrected chi connectivity index (χ0v) is 12.9. The van der Waals surface area contributed by atoms with Gasteiger partial charge < -0.3 is 9.47 Å². The van der Waals surface area contributed by atoms with Gasteiger partial charge in [0.15, 0.2) is 0 Å². The predicted octanol–water partition coefficient (Wildman–Crippen LogP) is 3.47. The van der Waals surface area contributed by atoms with Crippen molar-refractivity contribution in [1.29, 1.82) is 0 Å². The molecule has 118 valence electrons. The summed E-state index contributed by atoms with van der Waals surface area (Å²) in [6.45, 7) is 0.00731. The van der Waals surface area contributed by atoms with Crippen LogP contribution in [0.1, 0.15) is 0 Å². The summed E-state index contributed by atoms with van der Waals surface area (Å²) < 4.78 is 9.74. The normalized spacial score (nSPS) is 12.8. The van der Waals surface area contributed by atoms with Gasteiger partial charge in [0.05, 0.1) is 25.6 Å². The average Bonchev–Trinajstić information content (AvgIpc) is 2.76. The SMILES string of the molecule is COC(=O)N1CN(C(=O)OC)c2ccccc2-c2ccccc21. The van der Waals surface area contributed by atoms with Gasteiger partial charge >= 0.3 is 12.2 Å². The Bertz CT molecular complexity index is 696. The van der Waals surface area contributed by atoms with Gasteiger partial charge in [-0.2, -0.15) is 0 Å². The van der Waals surface area contributed by atoms with Crippen LogP contribution in [0.15, 0.2) is 48.5 Å². The van der Waals surface area contributed by atoms with E-state index >= 15 is 0 Å². The fourth-order valence-electron chi connectivity index (χ4n) is 2.70. The quantitative estimate of drug-likeness (QED) is 0.747. The highest BCUT2D eigenvalue weighted by molar-refractivity contribution is 6.03. The summed E-state index contributed by atoms with van der Waals surface area (Å²) in [7, 11) is 2.62. The zero-order valence-electron chi connectivity index (χ0n) is 12.9. The average molecular weight is 312 g/mol. The molecule has 1 aliphatic rings. The molecule has 0 spiro atoms. The number of rotatable bonds is 0. The number of amides is 2. The Balaban J connectivity index is 2.24. The highest BCUT2D eigenvalue weighted by atomic mass is 16.5. The fraction of sp³-hybridized carbons (Fsp3) is 0.176. The molecule has 6 heteroatoms. The Kier molecular flexibility index (Phi) is 3.89. The van der Waals surface area contributed by atoms with Gasteiger partial charge in [-0.25, -0.2) is 9.59 Å². The second-order valence-corrected chi connectivity index (χ2v) is 4.97. The molecule has 1 aliphatic heterocycles. The van der Waals surface area contributed by atoms with Gasteiger partial charge in [-0.1, -0.05) is 36.4 Å². The molecule has 0 radical (unpaired) electrons. The van der Waals surface area contributed by atoms with Crippen LogP contribution in [0.2, 0.25) is 0 Å². The summed E-state index contributed by atoms with van der Waals surface area (Å²) in [5.41, 5.74) is 3.05. The summed E-state index contributed by atoms with van der Waals surface area (Å²) in [4.78, 5) is 27.2. The van der Waals surface area contributed by atoms with Crippen LogP contribution in [0.25, 0.3) is 11.1 Å². The minimum atomic E-state index is -0.542. The van der Waals surface area contributed by atoms with E-state index in [1.54, 1.807) is 0 Å². The number of para-hydroxylation sites is 2. The van der Waals surface area contributed by atoms with Crippen LogP contribution < -0.4 is 9.80 Å². The molecular formula is C17H16N2O4. The lowest BCUT2D eigenvalue weighted by Crippen LogP contribution is -2.44. The van der Waals surface area contributed by atoms with Crippen LogP contribution in [0.3, 0.4) is 0 Å². The predicted molar refractivity (Wildman–Crippen MR) is 86.5 cm³/mol. The second kappa shape index (κ2) is 6.00. The first kappa shape index (κ1) is 14.9. The van der Waals surface area contributed by atoms with Crippen molar-refractivity contribution in [3.8, 4) is 11.1 Å². The number of benzene rings is 2. The van der Waals surface area contributed by atoms with Crippen molar-refractivity contribution in [3.63, 3.8) is 0 Å². The Morgan fingerprint density at radius 3 is 1.57 bits per heavy atom. The fourth-order valence-corrected chi connectivity index (χ4v) is 2.70. The maximum atomic E-state index is 12.2. The summed E-state index contributed by atoms with van der Waals surface area (Å²) in [6.07, 6.45) is -1.08. The number of fused-ring (bicyclic) bond motifs is 3. The van der Waals surface area contributed by atoms with E-state index < -0.39 is 12.2 Å². The van der Waals surface area contributed by atoms with Crippen LogP contribution in [-0.4, -0.2) is 33.1 Å². The summed E-state index contributed by atoms with van der Waals surface area (Å²) in [5, 5.41) is 0. The molecule has 0 fully saturated rings. The molecule has 0 N–H and O–H groups in total. The first-order chi connectivity index (χ1) is 11.2. The molecule has 0 atom stereocenters. The van der Waals surface area contributed by atoms with E-state index in [2.05, 4.69) is 0 Å². The van der Waals surface area contributed by atoms with Crippen LogP contribution in [0.5, 0.6) is 0 Å². The van der Waals surface area contributed by atoms with Crippen molar-refractivity contribution in [1.82, 2.24) is 0 Å². The monoisotopic (exact) mass is 312 g/mol. The van der Waals surface area contributed by atoms with Crippen molar-refractivity contribution in [3.05, 3.63) is 48.5 Å². The molecule has 2 aromatic rings. The first-order valence-electron chi connectivity index (χ1n) is 7.06. The van der Waals surface area contributed by atoms with Gasteiger partial charge in [-0.15, -0.1) is 0 Å². The Morgan fingerprint density at radius 1 is 0.783 bits per heavy atom. The molecule has 0 saturated heterocycles. The molecule has 0 aromatic heterocycles. The maximum absolute atomic E-state index is 12.2. The van der Waals surface area contributed by atoms with Crippen LogP contribution in [0, 0.1) is 0 Å². The molecule has 2 aromatic carbocycles. The molecular weight excluding hydrogens is 296 g/mol. The van der Waals surface area contributed by atoms with Gasteiger partial charge in [0.2, 0.25) is 0 Å². The molecule has 0 bridgehead atoms. The van der Waals surface area contributed by atoms with Crippen LogP contribution in [0.4, 0.5) is 21.0 Å². The molecule has 2 amide bonds. The number of carbonyl (C=O) groups is 2. The third kappa shape index (κ3) is 2.48. The molecule has 23 heavy (non-hydrogen) atoms. The lowest BCUT2D eigenvalue weighted by molar-refractivity contribution is 0.173. The number of hydrogen-bond acceptors (Lipinski definition) is 4. The molecule has 1 heterocycles. The number of methoxy groups -OCH3 is 2. The minimum Gasteiger partial charge on any atom is -0.452 e. The van der Waals surface area contributed by atoms with Gasteiger partial charge in [0, 0.05) is 11.1 Å². The second-order valence-electron chi connectivity index (χ2n) is 4.97. The smallest absolute Gasteiger partial charge is 0.415 e. The van der Waals surface area contributed by atoms with Gasteiger partial charge in [0.25, 0.3) is 0 Å². The number of anilines is 2. The maximum Gasteiger partial charge on any atom is 0.415 e. The minimum absolute atomic E-state index is 0.00731. The van der Waals surface area contributed by atoms with Gasteiger partial charge in [-0.05, 0) is 12.1 Å². The van der Waals surface area contributed by atoms with Crippen molar-refractivity contribution in [2.24, 2.45) is 0 Å². The number of hydrogen-bond donors (Lipinski definition) is 0. The number of nitrogens with zero attached hydrogens (tertiary/aromatic N) is 2. The summed E-state index contributed by atoms with van der Waals surface area (Å²) in [5.74, 6) is 0. The van der Waals surface area contributed by atoms with E-state index in [-0.39, 0.29) is 6.67 Å². The number of carbonyl (C=O) groups excluding carboxylic acids is 2. The van der Waals surface area contributed by atoms with Crippen LogP contribution in [-0.2, 0) is 9.47 Å². The molecule has 3 rings (SSSR count). The summed E-state index contributed by atoms with van der Waals surface area (Å²) >= 11 is 0. The molecule has 0 aliphatic carbocycles. The topological polar surface area (TPSA) is 59.1 Å². The third-order valence-corrected chi connectivity index (χ3v) is 3.75. The Hall–Kier alpha value is -3.02. The Labute approximate surface area is 133 Å². The van der Waals surface area contributed by atoms with Crippen LogP contribution >= 0.6 is 0 Å². The van der Waals surface area contributed by atoms with E-state index in [1.165, 1.54) is 24.0 Å². The highest BCUT2D eigenvalue weighted by Crippen LogP contribution is 2.40. The van der Waals surface area contributed by atoms with Crippen molar-refractivity contribution in [2.45, 2.75) is 0 Å². The van der Waals surface area contributed by atoms with E-state index in [1.807, 2.05) is 48.5 Å². The highest BCUT2D eigenvalue weighted by Gasteiger charge is 2.31. The molecule has 6 nitrogen and oxygen atoms in total. The lowest BCUT2D eigenvalue weighted by Gasteiger charge is -2.26. The largest absolute Gasteiger partial charge is 0.452 e. The Morgan fingerprint density at radius 2 is 1.17 bits per heavy atom. The van der Waals surface area contributed by atoms with Crippen molar-refractivity contribution >= 4 is 23.6 Å². The molecule has 0 unspecified atom stereocenters. The lowest BCUT2D eigenvalue weighted by atomic mass is 10.0.